The Balaban J connectivity index is 0.000000141. The molecule has 16 aromatic rings. The molecule has 440 valence electrons. The van der Waals surface area contributed by atoms with Crippen molar-refractivity contribution in [2.24, 2.45) is 0 Å². The summed E-state index contributed by atoms with van der Waals surface area (Å²) in [6.45, 7) is 8.64. The molecule has 0 saturated carbocycles. The van der Waals surface area contributed by atoms with Crippen LogP contribution in [0.5, 0.6) is 0 Å². The first kappa shape index (κ1) is 55.5. The zero-order valence-corrected chi connectivity index (χ0v) is 51.5. The van der Waals surface area contributed by atoms with Gasteiger partial charge >= 0.3 is 0 Å². The van der Waals surface area contributed by atoms with E-state index in [0.717, 1.165) is 108 Å². The van der Waals surface area contributed by atoms with E-state index in [-0.39, 0.29) is 0 Å². The number of aryl methyl sites for hydroxylation is 4. The van der Waals surface area contributed by atoms with E-state index in [4.69, 9.17) is 0 Å². The first-order chi connectivity index (χ1) is 44.9. The summed E-state index contributed by atoms with van der Waals surface area (Å²) in [4.78, 5) is 0. The summed E-state index contributed by atoms with van der Waals surface area (Å²) in [5.74, 6) is 0. The average Bonchev–Trinajstić information content (AvgIpc) is 0.688. The van der Waals surface area contributed by atoms with Crippen LogP contribution >= 0.6 is 0 Å². The zero-order chi connectivity index (χ0) is 62.4. The third-order valence-electron chi connectivity index (χ3n) is 21.1. The molecule has 0 aliphatic heterocycles. The van der Waals surface area contributed by atoms with Crippen LogP contribution in [0.1, 0.15) is 89.0 Å². The van der Waals surface area contributed by atoms with Gasteiger partial charge in [-0.15, -0.1) is 0 Å². The van der Waals surface area contributed by atoms with Gasteiger partial charge in [-0.1, -0.05) is 291 Å². The predicted octanol–water partition coefficient (Wildman–Crippen LogP) is 19.6. The molecule has 2 aliphatic carbocycles. The molecule has 0 atom stereocenters. The van der Waals surface area contributed by atoms with Gasteiger partial charge in [0.25, 0.3) is 0 Å². The first-order valence-electron chi connectivity index (χ1n) is 31.8. The van der Waals surface area contributed by atoms with E-state index in [1.165, 1.54) is 22.3 Å². The SMILES string of the molecule is Cc1c2ccccc2c(C2(O)c3ccccc3C(O)(c3c4ccccc4c(C)c4ccccc34)c3ccccc32)c2ccccc12.Cc1c2ccccc2c(C2(O)c3ccccc3C(O)(c3c4ccccc4c(C)c4ccccc34)c3ccccc32)c2ccccc12. The normalized spacial score (nSPS) is 19.0. The molecule has 0 saturated heterocycles. The van der Waals surface area contributed by atoms with Crippen LogP contribution in [0.25, 0.3) is 86.2 Å². The Morgan fingerprint density at radius 2 is 0.250 bits per heavy atom. The lowest BCUT2D eigenvalue weighted by atomic mass is 9.61. The van der Waals surface area contributed by atoms with Gasteiger partial charge in [-0.05, 0) is 181 Å². The molecule has 4 nitrogen and oxygen atoms in total. The van der Waals surface area contributed by atoms with Crippen LogP contribution in [0.4, 0.5) is 0 Å². The monoisotopic (exact) mass is 1180 g/mol. The van der Waals surface area contributed by atoms with Crippen LogP contribution in [0, 0.1) is 27.7 Å². The van der Waals surface area contributed by atoms with Crippen molar-refractivity contribution in [1.82, 2.24) is 0 Å². The van der Waals surface area contributed by atoms with Gasteiger partial charge in [-0.25, -0.2) is 0 Å². The number of rotatable bonds is 4. The van der Waals surface area contributed by atoms with Gasteiger partial charge in [0, 0.05) is 22.3 Å². The van der Waals surface area contributed by atoms with Crippen molar-refractivity contribution in [2.75, 3.05) is 0 Å². The third-order valence-corrected chi connectivity index (χ3v) is 21.1. The van der Waals surface area contributed by atoms with Gasteiger partial charge in [0.05, 0.1) is 0 Å². The molecule has 0 heterocycles. The Labute approximate surface area is 533 Å². The highest BCUT2D eigenvalue weighted by atomic mass is 16.3. The second kappa shape index (κ2) is 20.5. The van der Waals surface area contributed by atoms with Crippen molar-refractivity contribution >= 4 is 86.2 Å². The van der Waals surface area contributed by atoms with Gasteiger partial charge in [-0.3, -0.25) is 0 Å². The average molecular weight is 1190 g/mol. The molecule has 0 unspecified atom stereocenters. The molecule has 2 aliphatic rings. The number of fused-ring (bicyclic) bond motifs is 12. The second-order valence-corrected chi connectivity index (χ2v) is 25.4. The molecule has 0 fully saturated rings. The summed E-state index contributed by atoms with van der Waals surface area (Å²) in [5, 5.41) is 71.6. The number of aliphatic hydroxyl groups is 4. The number of hydrogen-bond donors (Lipinski definition) is 4. The van der Waals surface area contributed by atoms with Crippen molar-refractivity contribution in [2.45, 2.75) is 50.1 Å². The maximum absolute atomic E-state index is 13.7. The maximum atomic E-state index is 13.7. The van der Waals surface area contributed by atoms with E-state index in [1.807, 2.05) is 146 Å². The molecular weight excluding hydrogens is 1120 g/mol. The molecule has 4 N–H and O–H groups in total. The van der Waals surface area contributed by atoms with Crippen molar-refractivity contribution in [3.63, 3.8) is 0 Å². The molecule has 0 bridgehead atoms. The highest BCUT2D eigenvalue weighted by molar-refractivity contribution is 6.12. The molecule has 92 heavy (non-hydrogen) atoms. The van der Waals surface area contributed by atoms with Crippen LogP contribution in [-0.4, -0.2) is 20.4 Å². The van der Waals surface area contributed by atoms with Crippen molar-refractivity contribution in [1.29, 1.82) is 0 Å². The van der Waals surface area contributed by atoms with Gasteiger partial charge in [0.2, 0.25) is 0 Å². The molecular formula is C88H64O4. The summed E-state index contributed by atoms with van der Waals surface area (Å²) in [6.07, 6.45) is 0. The number of benzene rings is 16. The van der Waals surface area contributed by atoms with Crippen LogP contribution in [0.3, 0.4) is 0 Å². The maximum Gasteiger partial charge on any atom is 0.142 e. The fraction of sp³-hybridized carbons (Fsp3) is 0.0909. The summed E-state index contributed by atoms with van der Waals surface area (Å²) in [7, 11) is 0. The molecule has 16 aromatic carbocycles. The number of hydrogen-bond acceptors (Lipinski definition) is 4. The summed E-state index contributed by atoms with van der Waals surface area (Å²) in [6, 6.07) is 98.8. The lowest BCUT2D eigenvalue weighted by molar-refractivity contribution is 0.0778. The van der Waals surface area contributed by atoms with Crippen LogP contribution in [-0.2, 0) is 22.4 Å². The quantitative estimate of drug-likeness (QED) is 0.132. The van der Waals surface area contributed by atoms with E-state index in [1.54, 1.807) is 0 Å². The van der Waals surface area contributed by atoms with E-state index < -0.39 is 22.4 Å². The molecule has 0 radical (unpaired) electrons. The molecule has 0 spiro atoms. The molecule has 18 rings (SSSR count). The summed E-state index contributed by atoms with van der Waals surface area (Å²) >= 11 is 0. The van der Waals surface area contributed by atoms with E-state index in [9.17, 15) is 20.4 Å². The Hall–Kier alpha value is -10.6. The van der Waals surface area contributed by atoms with E-state index in [2.05, 4.69) is 173 Å². The van der Waals surface area contributed by atoms with Crippen molar-refractivity contribution < 1.29 is 20.4 Å². The topological polar surface area (TPSA) is 80.9 Å². The van der Waals surface area contributed by atoms with Crippen LogP contribution in [0.2, 0.25) is 0 Å². The smallest absolute Gasteiger partial charge is 0.142 e. The third kappa shape index (κ3) is 7.38. The van der Waals surface area contributed by atoms with Gasteiger partial charge in [0.1, 0.15) is 22.4 Å². The minimum Gasteiger partial charge on any atom is -0.376 e. The van der Waals surface area contributed by atoms with Gasteiger partial charge in [0.15, 0.2) is 0 Å². The molecule has 0 amide bonds. The minimum absolute atomic E-state index is 0.684. The van der Waals surface area contributed by atoms with Crippen LogP contribution in [0.15, 0.2) is 291 Å². The minimum atomic E-state index is -1.55. The Morgan fingerprint density at radius 3 is 0.370 bits per heavy atom. The lowest BCUT2D eigenvalue weighted by Gasteiger charge is -2.46. The standard InChI is InChI=1S/2C44H32O2/c2*1-27-29-15-3-7-19-33(29)41(34-20-8-4-16-30(27)34)43(45)37-23-11-13-25-39(37)44(46,40-26-14-12-24-38(40)43)42-35-21-9-5-17-31(35)28(2)32-18-6-10-22-36(32)42/h2*3-26,45-46H,1-2H3. The molecule has 4 heteroatoms. The Kier molecular flexibility index (Phi) is 12.4. The lowest BCUT2D eigenvalue weighted by Crippen LogP contribution is -2.44. The van der Waals surface area contributed by atoms with Crippen molar-refractivity contribution in [3.05, 3.63) is 380 Å². The van der Waals surface area contributed by atoms with Crippen LogP contribution < -0.4 is 0 Å². The van der Waals surface area contributed by atoms with E-state index >= 15 is 0 Å². The van der Waals surface area contributed by atoms with Crippen molar-refractivity contribution in [3.8, 4) is 0 Å². The van der Waals surface area contributed by atoms with Gasteiger partial charge in [-0.2, -0.15) is 0 Å². The fourth-order valence-corrected chi connectivity index (χ4v) is 17.1. The Bertz CT molecular complexity index is 4760. The highest BCUT2D eigenvalue weighted by Crippen LogP contribution is 2.60. The second-order valence-electron chi connectivity index (χ2n) is 25.4. The predicted molar refractivity (Wildman–Crippen MR) is 379 cm³/mol. The largest absolute Gasteiger partial charge is 0.376 e. The molecule has 0 aromatic heterocycles. The highest BCUT2D eigenvalue weighted by Gasteiger charge is 2.55. The Morgan fingerprint density at radius 1 is 0.152 bits per heavy atom. The first-order valence-corrected chi connectivity index (χ1v) is 31.8. The van der Waals surface area contributed by atoms with Gasteiger partial charge < -0.3 is 20.4 Å². The summed E-state index contributed by atoms with van der Waals surface area (Å²) < 4.78 is 0. The van der Waals surface area contributed by atoms with E-state index in [0.29, 0.717) is 44.5 Å². The zero-order valence-electron chi connectivity index (χ0n) is 51.5. The summed E-state index contributed by atoms with van der Waals surface area (Å²) in [5.41, 5.74) is 7.36. The fourth-order valence-electron chi connectivity index (χ4n) is 17.1.